The second kappa shape index (κ2) is 9.28. The zero-order valence-electron chi connectivity index (χ0n) is 12.2. The fourth-order valence-corrected chi connectivity index (χ4v) is 1.71. The van der Waals surface area contributed by atoms with E-state index in [-0.39, 0.29) is 5.91 Å². The van der Waals surface area contributed by atoms with Crippen molar-refractivity contribution in [3.05, 3.63) is 24.0 Å². The van der Waals surface area contributed by atoms with E-state index in [1.807, 2.05) is 13.8 Å². The van der Waals surface area contributed by atoms with Crippen molar-refractivity contribution in [3.63, 3.8) is 0 Å². The van der Waals surface area contributed by atoms with Crippen molar-refractivity contribution in [3.8, 4) is 0 Å². The number of aromatic nitrogens is 1. The molecule has 1 heterocycles. The standard InChI is InChI=1S/C14H23N3O3/c1-3-19-9-7-17(8-10-20-4-2)14(18)12-11-16-6-5-13(12)15/h5-6,11H,3-4,7-10H2,1-2H3,(H2,15,16). The van der Waals surface area contributed by atoms with E-state index in [0.29, 0.717) is 50.8 Å². The van der Waals surface area contributed by atoms with Crippen molar-refractivity contribution in [2.75, 3.05) is 45.3 Å². The molecule has 112 valence electrons. The molecule has 20 heavy (non-hydrogen) atoms. The molecule has 1 aromatic heterocycles. The predicted octanol–water partition coefficient (Wildman–Crippen LogP) is 1.18. The van der Waals surface area contributed by atoms with Crippen molar-refractivity contribution in [2.24, 2.45) is 0 Å². The summed E-state index contributed by atoms with van der Waals surface area (Å²) < 4.78 is 10.6. The van der Waals surface area contributed by atoms with Gasteiger partial charge in [0, 0.05) is 44.4 Å². The third kappa shape index (κ3) is 5.14. The van der Waals surface area contributed by atoms with Gasteiger partial charge >= 0.3 is 0 Å². The highest BCUT2D eigenvalue weighted by molar-refractivity contribution is 5.98. The van der Waals surface area contributed by atoms with Gasteiger partial charge in [0.05, 0.1) is 18.8 Å². The molecule has 0 aliphatic heterocycles. The number of nitrogens with two attached hydrogens (primary N) is 1. The number of anilines is 1. The highest BCUT2D eigenvalue weighted by Gasteiger charge is 2.17. The van der Waals surface area contributed by atoms with Crippen molar-refractivity contribution < 1.29 is 14.3 Å². The summed E-state index contributed by atoms with van der Waals surface area (Å²) in [6.45, 7) is 7.10. The molecule has 1 rings (SSSR count). The molecule has 0 aliphatic carbocycles. The van der Waals surface area contributed by atoms with Gasteiger partial charge in [-0.15, -0.1) is 0 Å². The SMILES string of the molecule is CCOCCN(CCOCC)C(=O)c1cnccc1N. The van der Waals surface area contributed by atoms with E-state index in [9.17, 15) is 4.79 Å². The summed E-state index contributed by atoms with van der Waals surface area (Å²) in [6.07, 6.45) is 3.06. The second-order valence-corrected chi connectivity index (χ2v) is 4.15. The summed E-state index contributed by atoms with van der Waals surface area (Å²) in [5.74, 6) is -0.144. The van der Waals surface area contributed by atoms with Crippen LogP contribution in [0.5, 0.6) is 0 Å². The Balaban J connectivity index is 2.69. The highest BCUT2D eigenvalue weighted by atomic mass is 16.5. The molecule has 0 spiro atoms. The minimum atomic E-state index is -0.144. The second-order valence-electron chi connectivity index (χ2n) is 4.15. The zero-order valence-corrected chi connectivity index (χ0v) is 12.2. The number of amides is 1. The van der Waals surface area contributed by atoms with Gasteiger partial charge in [-0.3, -0.25) is 9.78 Å². The maximum atomic E-state index is 12.4. The van der Waals surface area contributed by atoms with E-state index >= 15 is 0 Å². The third-order valence-electron chi connectivity index (χ3n) is 2.79. The van der Waals surface area contributed by atoms with Gasteiger partial charge in [-0.1, -0.05) is 0 Å². The lowest BCUT2D eigenvalue weighted by molar-refractivity contribution is 0.0550. The quantitative estimate of drug-likeness (QED) is 0.688. The van der Waals surface area contributed by atoms with E-state index in [0.717, 1.165) is 0 Å². The number of ether oxygens (including phenoxy) is 2. The molecule has 0 saturated carbocycles. The summed E-state index contributed by atoms with van der Waals surface area (Å²) in [4.78, 5) is 18.1. The first-order chi connectivity index (χ1) is 9.70. The fraction of sp³-hybridized carbons (Fsp3) is 0.571. The summed E-state index contributed by atoms with van der Waals surface area (Å²) in [7, 11) is 0. The van der Waals surface area contributed by atoms with Crippen LogP contribution in [-0.4, -0.2) is 55.3 Å². The summed E-state index contributed by atoms with van der Waals surface area (Å²) >= 11 is 0. The first-order valence-corrected chi connectivity index (χ1v) is 6.84. The number of hydrogen-bond acceptors (Lipinski definition) is 5. The Kier molecular flexibility index (Phi) is 7.60. The van der Waals surface area contributed by atoms with Crippen molar-refractivity contribution in [1.29, 1.82) is 0 Å². The molecule has 2 N–H and O–H groups in total. The molecular formula is C14H23N3O3. The molecule has 0 aromatic carbocycles. The number of nitrogen functional groups attached to an aromatic ring is 1. The highest BCUT2D eigenvalue weighted by Crippen LogP contribution is 2.12. The van der Waals surface area contributed by atoms with Gasteiger partial charge in [0.2, 0.25) is 0 Å². The fourth-order valence-electron chi connectivity index (χ4n) is 1.71. The molecule has 6 heteroatoms. The predicted molar refractivity (Wildman–Crippen MR) is 77.5 cm³/mol. The Labute approximate surface area is 119 Å². The van der Waals surface area contributed by atoms with Gasteiger partial charge in [-0.2, -0.15) is 0 Å². The van der Waals surface area contributed by atoms with Crippen LogP contribution in [0.15, 0.2) is 18.5 Å². The van der Waals surface area contributed by atoms with Gasteiger partial charge in [0.25, 0.3) is 5.91 Å². The van der Waals surface area contributed by atoms with Crippen LogP contribution in [0.4, 0.5) is 5.69 Å². The van der Waals surface area contributed by atoms with E-state index < -0.39 is 0 Å². The Morgan fingerprint density at radius 2 is 1.85 bits per heavy atom. The molecule has 0 atom stereocenters. The number of carbonyl (C=O) groups excluding carboxylic acids is 1. The molecule has 0 saturated heterocycles. The molecular weight excluding hydrogens is 258 g/mol. The average Bonchev–Trinajstić information content (AvgIpc) is 2.46. The molecule has 0 unspecified atom stereocenters. The molecule has 0 aliphatic rings. The van der Waals surface area contributed by atoms with Crippen LogP contribution in [0, 0.1) is 0 Å². The Morgan fingerprint density at radius 1 is 1.25 bits per heavy atom. The number of carbonyl (C=O) groups is 1. The number of hydrogen-bond donors (Lipinski definition) is 1. The summed E-state index contributed by atoms with van der Waals surface area (Å²) in [6, 6.07) is 1.62. The molecule has 0 fully saturated rings. The van der Waals surface area contributed by atoms with Crippen LogP contribution >= 0.6 is 0 Å². The van der Waals surface area contributed by atoms with Gasteiger partial charge in [-0.25, -0.2) is 0 Å². The number of rotatable bonds is 9. The van der Waals surface area contributed by atoms with E-state index in [1.54, 1.807) is 17.2 Å². The van der Waals surface area contributed by atoms with E-state index in [4.69, 9.17) is 15.2 Å². The van der Waals surface area contributed by atoms with Crippen molar-refractivity contribution in [1.82, 2.24) is 9.88 Å². The first-order valence-electron chi connectivity index (χ1n) is 6.84. The molecule has 0 bridgehead atoms. The topological polar surface area (TPSA) is 77.7 Å². The Bertz CT molecular complexity index is 402. The van der Waals surface area contributed by atoms with Gasteiger partial charge in [-0.05, 0) is 19.9 Å². The largest absolute Gasteiger partial charge is 0.398 e. The minimum absolute atomic E-state index is 0.144. The zero-order chi connectivity index (χ0) is 14.8. The van der Waals surface area contributed by atoms with Crippen LogP contribution < -0.4 is 5.73 Å². The summed E-state index contributed by atoms with van der Waals surface area (Å²) in [5, 5.41) is 0. The molecule has 1 aromatic rings. The number of nitrogens with zero attached hydrogens (tertiary/aromatic N) is 2. The monoisotopic (exact) mass is 281 g/mol. The number of pyridine rings is 1. The van der Waals surface area contributed by atoms with E-state index in [1.165, 1.54) is 6.20 Å². The summed E-state index contributed by atoms with van der Waals surface area (Å²) in [5.41, 5.74) is 6.67. The van der Waals surface area contributed by atoms with Crippen LogP contribution in [0.2, 0.25) is 0 Å². The smallest absolute Gasteiger partial charge is 0.257 e. The molecule has 1 amide bonds. The van der Waals surface area contributed by atoms with Crippen molar-refractivity contribution in [2.45, 2.75) is 13.8 Å². The normalized spacial score (nSPS) is 10.5. The lowest BCUT2D eigenvalue weighted by atomic mass is 10.2. The van der Waals surface area contributed by atoms with Crippen LogP contribution in [-0.2, 0) is 9.47 Å². The molecule has 6 nitrogen and oxygen atoms in total. The van der Waals surface area contributed by atoms with Crippen molar-refractivity contribution >= 4 is 11.6 Å². The van der Waals surface area contributed by atoms with Gasteiger partial charge in [0.1, 0.15) is 0 Å². The molecule has 0 radical (unpaired) electrons. The van der Waals surface area contributed by atoms with Crippen LogP contribution in [0.3, 0.4) is 0 Å². The lowest BCUT2D eigenvalue weighted by Gasteiger charge is -2.23. The maximum Gasteiger partial charge on any atom is 0.257 e. The maximum absolute atomic E-state index is 12.4. The van der Waals surface area contributed by atoms with Gasteiger partial charge in [0.15, 0.2) is 0 Å². The van der Waals surface area contributed by atoms with Crippen LogP contribution in [0.25, 0.3) is 0 Å². The third-order valence-corrected chi connectivity index (χ3v) is 2.79. The Hall–Kier alpha value is -1.66. The van der Waals surface area contributed by atoms with Crippen LogP contribution in [0.1, 0.15) is 24.2 Å². The minimum Gasteiger partial charge on any atom is -0.398 e. The Morgan fingerprint density at radius 3 is 2.35 bits per heavy atom. The lowest BCUT2D eigenvalue weighted by Crippen LogP contribution is -2.37. The van der Waals surface area contributed by atoms with Gasteiger partial charge < -0.3 is 20.1 Å². The average molecular weight is 281 g/mol. The van der Waals surface area contributed by atoms with E-state index in [2.05, 4.69) is 4.98 Å². The first kappa shape index (κ1) is 16.4.